The zero-order valence-corrected chi connectivity index (χ0v) is 13.7. The summed E-state index contributed by atoms with van der Waals surface area (Å²) < 4.78 is 1.95. The zero-order valence-electron chi connectivity index (χ0n) is 13.7. The van der Waals surface area contributed by atoms with Crippen LogP contribution in [0.5, 0.6) is 0 Å². The van der Waals surface area contributed by atoms with E-state index in [0.29, 0.717) is 5.82 Å². The van der Waals surface area contributed by atoms with Gasteiger partial charge in [-0.05, 0) is 24.3 Å². The van der Waals surface area contributed by atoms with Gasteiger partial charge in [0.1, 0.15) is 12.0 Å². The van der Waals surface area contributed by atoms with Crippen molar-refractivity contribution in [2.24, 2.45) is 0 Å². The molecule has 0 aliphatic rings. The van der Waals surface area contributed by atoms with Gasteiger partial charge >= 0.3 is 0 Å². The van der Waals surface area contributed by atoms with Crippen LogP contribution in [0.4, 0.5) is 11.5 Å². The van der Waals surface area contributed by atoms with Crippen molar-refractivity contribution in [2.45, 2.75) is 6.17 Å². The molecule has 0 spiro atoms. The first kappa shape index (κ1) is 15.8. The average Bonchev–Trinajstić information content (AvgIpc) is 3.11. The zero-order chi connectivity index (χ0) is 17.9. The molecule has 4 rings (SSSR count). The molecule has 0 radical (unpaired) electrons. The number of hydrogen-bond donors (Lipinski definition) is 1. The fraction of sp³-hybridized carbons (Fsp3) is 0.0526. The van der Waals surface area contributed by atoms with Crippen LogP contribution < -0.4 is 5.32 Å². The Morgan fingerprint density at radius 3 is 2.65 bits per heavy atom. The highest BCUT2D eigenvalue weighted by Gasteiger charge is 2.19. The van der Waals surface area contributed by atoms with E-state index in [1.54, 1.807) is 24.7 Å². The van der Waals surface area contributed by atoms with E-state index >= 15 is 0 Å². The second-order valence-corrected chi connectivity index (χ2v) is 5.75. The molecule has 0 unspecified atom stereocenters. The molecular formula is C19H15N5O2. The van der Waals surface area contributed by atoms with Gasteiger partial charge in [-0.15, -0.1) is 0 Å². The van der Waals surface area contributed by atoms with E-state index in [1.807, 2.05) is 53.1 Å². The molecule has 128 valence electrons. The van der Waals surface area contributed by atoms with E-state index in [-0.39, 0.29) is 5.69 Å². The lowest BCUT2D eigenvalue weighted by atomic mass is 10.1. The van der Waals surface area contributed by atoms with Crippen LogP contribution in [-0.2, 0) is 0 Å². The highest BCUT2D eigenvalue weighted by Crippen LogP contribution is 2.27. The van der Waals surface area contributed by atoms with Crippen LogP contribution in [0.15, 0.2) is 79.3 Å². The predicted molar refractivity (Wildman–Crippen MR) is 98.8 cm³/mol. The second-order valence-electron chi connectivity index (χ2n) is 5.75. The van der Waals surface area contributed by atoms with E-state index in [0.717, 1.165) is 16.6 Å². The topological polar surface area (TPSA) is 85.9 Å². The number of benzene rings is 2. The van der Waals surface area contributed by atoms with Gasteiger partial charge in [0.05, 0.1) is 22.3 Å². The van der Waals surface area contributed by atoms with Crippen LogP contribution in [0.1, 0.15) is 11.7 Å². The fourth-order valence-corrected chi connectivity index (χ4v) is 2.89. The van der Waals surface area contributed by atoms with Gasteiger partial charge in [0.25, 0.3) is 5.69 Å². The summed E-state index contributed by atoms with van der Waals surface area (Å²) >= 11 is 0. The van der Waals surface area contributed by atoms with Crippen LogP contribution in [0.3, 0.4) is 0 Å². The Morgan fingerprint density at radius 1 is 1.00 bits per heavy atom. The third-order valence-corrected chi connectivity index (χ3v) is 4.11. The van der Waals surface area contributed by atoms with E-state index < -0.39 is 11.1 Å². The van der Waals surface area contributed by atoms with E-state index in [1.165, 1.54) is 6.07 Å². The summed E-state index contributed by atoms with van der Waals surface area (Å²) in [7, 11) is 0. The third kappa shape index (κ3) is 2.98. The van der Waals surface area contributed by atoms with Crippen LogP contribution >= 0.6 is 0 Å². The molecule has 0 bridgehead atoms. The van der Waals surface area contributed by atoms with Gasteiger partial charge in [0.2, 0.25) is 0 Å². The summed E-state index contributed by atoms with van der Waals surface area (Å²) in [5.41, 5.74) is 2.56. The van der Waals surface area contributed by atoms with Crippen LogP contribution in [0.25, 0.3) is 11.0 Å². The molecular weight excluding hydrogens is 330 g/mol. The average molecular weight is 345 g/mol. The maximum atomic E-state index is 11.2. The maximum absolute atomic E-state index is 11.2. The Morgan fingerprint density at radius 2 is 1.85 bits per heavy atom. The van der Waals surface area contributed by atoms with E-state index in [9.17, 15) is 10.1 Å². The number of nitro groups is 1. The summed E-state index contributed by atoms with van der Waals surface area (Å²) in [4.78, 5) is 19.5. The fourth-order valence-electron chi connectivity index (χ4n) is 2.89. The molecule has 4 aromatic rings. The van der Waals surface area contributed by atoms with Gasteiger partial charge in [-0.1, -0.05) is 30.3 Å². The molecule has 0 saturated heterocycles. The van der Waals surface area contributed by atoms with E-state index in [4.69, 9.17) is 0 Å². The highest BCUT2D eigenvalue weighted by atomic mass is 16.6. The molecule has 0 aliphatic carbocycles. The Kier molecular flexibility index (Phi) is 4.03. The molecule has 0 saturated carbocycles. The van der Waals surface area contributed by atoms with Gasteiger partial charge < -0.3 is 9.88 Å². The first-order valence-electron chi connectivity index (χ1n) is 8.06. The van der Waals surface area contributed by atoms with Gasteiger partial charge in [-0.3, -0.25) is 10.1 Å². The van der Waals surface area contributed by atoms with Gasteiger partial charge in [0.15, 0.2) is 0 Å². The number of pyridine rings is 1. The normalized spacial score (nSPS) is 12.0. The third-order valence-electron chi connectivity index (χ3n) is 4.11. The summed E-state index contributed by atoms with van der Waals surface area (Å²) in [6.45, 7) is 0. The Bertz CT molecular complexity index is 1060. The molecule has 0 fully saturated rings. The minimum atomic E-state index is -0.395. The smallest absolute Gasteiger partial charge is 0.269 e. The number of imidazole rings is 1. The minimum Gasteiger partial charge on any atom is -0.346 e. The number of rotatable bonds is 5. The largest absolute Gasteiger partial charge is 0.346 e. The maximum Gasteiger partial charge on any atom is 0.269 e. The lowest BCUT2D eigenvalue weighted by molar-refractivity contribution is -0.384. The van der Waals surface area contributed by atoms with Crippen molar-refractivity contribution < 1.29 is 4.92 Å². The second kappa shape index (κ2) is 6.64. The number of aromatic nitrogens is 3. The summed E-state index contributed by atoms with van der Waals surface area (Å²) in [6, 6.07) is 19.9. The molecule has 2 aromatic carbocycles. The van der Waals surface area contributed by atoms with Crippen molar-refractivity contribution >= 4 is 22.5 Å². The molecule has 26 heavy (non-hydrogen) atoms. The van der Waals surface area contributed by atoms with Crippen molar-refractivity contribution in [1.29, 1.82) is 0 Å². The molecule has 7 heteroatoms. The van der Waals surface area contributed by atoms with Crippen LogP contribution in [0.2, 0.25) is 0 Å². The quantitative estimate of drug-likeness (QED) is 0.436. The van der Waals surface area contributed by atoms with Crippen LogP contribution in [0, 0.1) is 10.1 Å². The molecule has 7 nitrogen and oxygen atoms in total. The molecule has 2 heterocycles. The number of hydrogen-bond acceptors (Lipinski definition) is 5. The molecule has 1 N–H and O–H groups in total. The number of nitrogens with one attached hydrogen (secondary N) is 1. The molecule has 0 aliphatic heterocycles. The number of para-hydroxylation sites is 2. The Balaban J connectivity index is 1.84. The van der Waals surface area contributed by atoms with Gasteiger partial charge in [-0.25, -0.2) is 9.97 Å². The molecule has 0 amide bonds. The minimum absolute atomic E-state index is 0.0414. The highest BCUT2D eigenvalue weighted by molar-refractivity contribution is 5.75. The SMILES string of the molecule is O=[N+]([O-])c1cccc([C@@H](Nc2ccccn2)n2cnc3ccccc32)c1. The first-order valence-corrected chi connectivity index (χ1v) is 8.06. The van der Waals surface area contributed by atoms with E-state index in [2.05, 4.69) is 15.3 Å². The van der Waals surface area contributed by atoms with Gasteiger partial charge in [0, 0.05) is 23.9 Å². The summed E-state index contributed by atoms with van der Waals surface area (Å²) in [5, 5.41) is 14.5. The van der Waals surface area contributed by atoms with Crippen molar-refractivity contribution in [2.75, 3.05) is 5.32 Å². The standard InChI is InChI=1S/C19H15N5O2/c25-24(26)15-7-5-6-14(12-15)19(22-18-10-3-4-11-20-18)23-13-21-16-8-1-2-9-17(16)23/h1-13,19H,(H,20,22)/t19-/m0/s1. The number of fused-ring (bicyclic) bond motifs is 1. The lowest BCUT2D eigenvalue weighted by Crippen LogP contribution is -2.19. The first-order chi connectivity index (χ1) is 12.7. The van der Waals surface area contributed by atoms with Crippen LogP contribution in [-0.4, -0.2) is 19.5 Å². The number of anilines is 1. The Labute approximate surface area is 149 Å². The van der Waals surface area contributed by atoms with Gasteiger partial charge in [-0.2, -0.15) is 0 Å². The van der Waals surface area contributed by atoms with Crippen molar-refractivity contribution in [3.8, 4) is 0 Å². The number of nitro benzene ring substituents is 1. The summed E-state index contributed by atoms with van der Waals surface area (Å²) in [6.07, 6.45) is 3.03. The number of non-ortho nitro benzene ring substituents is 1. The summed E-state index contributed by atoms with van der Waals surface area (Å²) in [5.74, 6) is 0.668. The number of nitrogens with zero attached hydrogens (tertiary/aromatic N) is 4. The van der Waals surface area contributed by atoms with Crippen molar-refractivity contribution in [1.82, 2.24) is 14.5 Å². The molecule has 1 atom stereocenters. The predicted octanol–water partition coefficient (Wildman–Crippen LogP) is 4.00. The monoisotopic (exact) mass is 345 g/mol. The van der Waals surface area contributed by atoms with Crippen molar-refractivity contribution in [3.63, 3.8) is 0 Å². The molecule has 2 aromatic heterocycles. The lowest BCUT2D eigenvalue weighted by Gasteiger charge is -2.22. The van der Waals surface area contributed by atoms with Crippen molar-refractivity contribution in [3.05, 3.63) is 94.9 Å². The Hall–Kier alpha value is -3.74.